The fourth-order valence-electron chi connectivity index (χ4n) is 1.17. The number of fused-ring (bicyclic) bond motifs is 1. The van der Waals surface area contributed by atoms with Gasteiger partial charge >= 0.3 is 0 Å². The number of phenols is 1. The monoisotopic (exact) mass is 189 g/mol. The number of benzene rings is 1. The normalized spacial score (nSPS) is 10.2. The number of rotatable bonds is 1. The zero-order valence-corrected chi connectivity index (χ0v) is 7.19. The van der Waals surface area contributed by atoms with Gasteiger partial charge in [-0.2, -0.15) is 5.26 Å². The van der Waals surface area contributed by atoms with Gasteiger partial charge in [0.25, 0.3) is 0 Å². The van der Waals surface area contributed by atoms with Gasteiger partial charge in [0.15, 0.2) is 5.58 Å². The molecule has 2 aromatic rings. The van der Waals surface area contributed by atoms with Crippen molar-refractivity contribution in [2.24, 2.45) is 0 Å². The number of oxazole rings is 1. The Morgan fingerprint density at radius 2 is 2.36 bits per heavy atom. The van der Waals surface area contributed by atoms with Gasteiger partial charge in [0.2, 0.25) is 5.89 Å². The van der Waals surface area contributed by atoms with Crippen molar-refractivity contribution in [3.63, 3.8) is 0 Å². The van der Waals surface area contributed by atoms with E-state index in [-0.39, 0.29) is 17.9 Å². The summed E-state index contributed by atoms with van der Waals surface area (Å²) in [6.07, 6.45) is 0.106. The largest absolute Gasteiger partial charge is 0.506 e. The minimum Gasteiger partial charge on any atom is -0.506 e. The van der Waals surface area contributed by atoms with Crippen molar-refractivity contribution in [3.8, 4) is 11.8 Å². The summed E-state index contributed by atoms with van der Waals surface area (Å²) in [6, 6.07) is 4.82. The molecule has 0 saturated carbocycles. The van der Waals surface area contributed by atoms with E-state index in [1.807, 2.05) is 6.07 Å². The second-order valence-corrected chi connectivity index (χ2v) is 2.82. The molecule has 14 heavy (non-hydrogen) atoms. The summed E-state index contributed by atoms with van der Waals surface area (Å²) in [5.74, 6) is 0.293. The summed E-state index contributed by atoms with van der Waals surface area (Å²) in [4.78, 5) is 4.00. The first-order valence-electron chi connectivity index (χ1n) is 3.95. The van der Waals surface area contributed by atoms with Gasteiger partial charge < -0.3 is 15.3 Å². The van der Waals surface area contributed by atoms with Crippen LogP contribution in [0.1, 0.15) is 5.89 Å². The summed E-state index contributed by atoms with van der Waals surface area (Å²) in [7, 11) is 0. The molecule has 70 valence electrons. The lowest BCUT2D eigenvalue weighted by atomic mass is 10.3. The summed E-state index contributed by atoms with van der Waals surface area (Å²) < 4.78 is 5.22. The molecule has 5 nitrogen and oxygen atoms in total. The molecular formula is C9H7N3O2. The second kappa shape index (κ2) is 2.92. The summed E-state index contributed by atoms with van der Waals surface area (Å²) >= 11 is 0. The van der Waals surface area contributed by atoms with Crippen LogP contribution in [0.5, 0.6) is 5.75 Å². The standard InChI is InChI=1S/C9H7N3O2/c10-2-1-9-12-6-4-7(13)5(11)3-8(6)14-9/h3-4,13H,1,11H2. The molecule has 0 saturated heterocycles. The SMILES string of the molecule is N#CCc1nc2cc(O)c(N)cc2o1. The van der Waals surface area contributed by atoms with Crippen LogP contribution in [-0.4, -0.2) is 10.1 Å². The van der Waals surface area contributed by atoms with E-state index in [0.717, 1.165) is 0 Å². The smallest absolute Gasteiger partial charge is 0.209 e. The fourth-order valence-corrected chi connectivity index (χ4v) is 1.17. The highest BCUT2D eigenvalue weighted by Crippen LogP contribution is 2.27. The Bertz CT molecular complexity index is 486. The number of anilines is 1. The van der Waals surface area contributed by atoms with Crippen molar-refractivity contribution >= 4 is 16.8 Å². The molecule has 0 unspecified atom stereocenters. The Labute approximate surface area is 79.4 Å². The number of aromatic nitrogens is 1. The van der Waals surface area contributed by atoms with Crippen LogP contribution in [0.4, 0.5) is 5.69 Å². The number of nitrogens with two attached hydrogens (primary N) is 1. The Kier molecular flexibility index (Phi) is 1.75. The van der Waals surface area contributed by atoms with Gasteiger partial charge in [0.05, 0.1) is 11.8 Å². The highest BCUT2D eigenvalue weighted by atomic mass is 16.3. The molecule has 3 N–H and O–H groups in total. The Morgan fingerprint density at radius 3 is 3.07 bits per heavy atom. The number of nitriles is 1. The number of hydrogen-bond donors (Lipinski definition) is 2. The highest BCUT2D eigenvalue weighted by molar-refractivity contribution is 5.80. The molecule has 2 rings (SSSR count). The van der Waals surface area contributed by atoms with Crippen molar-refractivity contribution in [1.82, 2.24) is 4.98 Å². The topological polar surface area (TPSA) is 96.1 Å². The molecular weight excluding hydrogens is 182 g/mol. The maximum atomic E-state index is 9.28. The van der Waals surface area contributed by atoms with E-state index in [0.29, 0.717) is 17.0 Å². The van der Waals surface area contributed by atoms with Crippen molar-refractivity contribution in [2.75, 3.05) is 5.73 Å². The summed E-state index contributed by atoms with van der Waals surface area (Å²) in [5, 5.41) is 17.7. The Balaban J connectivity index is 2.61. The molecule has 0 atom stereocenters. The van der Waals surface area contributed by atoms with Crippen LogP contribution in [0, 0.1) is 11.3 Å². The molecule has 0 aliphatic rings. The van der Waals surface area contributed by atoms with E-state index < -0.39 is 0 Å². The lowest BCUT2D eigenvalue weighted by Crippen LogP contribution is -1.84. The molecule has 0 spiro atoms. The molecule has 0 fully saturated rings. The van der Waals surface area contributed by atoms with Gasteiger partial charge in [-0.05, 0) is 0 Å². The molecule has 5 heteroatoms. The quantitative estimate of drug-likeness (QED) is 0.518. The lowest BCUT2D eigenvalue weighted by molar-refractivity contribution is 0.478. The number of aromatic hydroxyl groups is 1. The van der Waals surface area contributed by atoms with Crippen LogP contribution >= 0.6 is 0 Å². The van der Waals surface area contributed by atoms with E-state index in [4.69, 9.17) is 15.4 Å². The second-order valence-electron chi connectivity index (χ2n) is 2.82. The zero-order chi connectivity index (χ0) is 10.1. The van der Waals surface area contributed by atoms with Crippen LogP contribution in [-0.2, 0) is 6.42 Å². The molecule has 1 aromatic heterocycles. The van der Waals surface area contributed by atoms with Crippen molar-refractivity contribution in [1.29, 1.82) is 5.26 Å². The van der Waals surface area contributed by atoms with Crippen molar-refractivity contribution < 1.29 is 9.52 Å². The van der Waals surface area contributed by atoms with Crippen molar-refractivity contribution in [3.05, 3.63) is 18.0 Å². The van der Waals surface area contributed by atoms with Gasteiger partial charge in [-0.15, -0.1) is 0 Å². The first-order chi connectivity index (χ1) is 6.70. The van der Waals surface area contributed by atoms with Crippen molar-refractivity contribution in [2.45, 2.75) is 6.42 Å². The minimum absolute atomic E-state index is 0.0330. The van der Waals surface area contributed by atoms with E-state index in [1.54, 1.807) is 0 Å². The van der Waals surface area contributed by atoms with Crippen LogP contribution < -0.4 is 5.73 Å². The van der Waals surface area contributed by atoms with Gasteiger partial charge in [-0.25, -0.2) is 4.98 Å². The fraction of sp³-hybridized carbons (Fsp3) is 0.111. The third kappa shape index (κ3) is 1.23. The number of nitrogen functional groups attached to an aromatic ring is 1. The van der Waals surface area contributed by atoms with Gasteiger partial charge in [-0.3, -0.25) is 0 Å². The predicted molar refractivity (Wildman–Crippen MR) is 49.4 cm³/mol. The average molecular weight is 189 g/mol. The third-order valence-electron chi connectivity index (χ3n) is 1.81. The molecule has 1 heterocycles. The first kappa shape index (κ1) is 8.38. The molecule has 0 aliphatic carbocycles. The average Bonchev–Trinajstić information content (AvgIpc) is 2.48. The van der Waals surface area contributed by atoms with Crippen LogP contribution in [0.3, 0.4) is 0 Å². The Hall–Kier alpha value is -2.22. The van der Waals surface area contributed by atoms with Gasteiger partial charge in [0.1, 0.15) is 17.7 Å². The number of nitrogens with zero attached hydrogens (tertiary/aromatic N) is 2. The van der Waals surface area contributed by atoms with Gasteiger partial charge in [-0.1, -0.05) is 0 Å². The van der Waals surface area contributed by atoms with E-state index in [2.05, 4.69) is 4.98 Å². The van der Waals surface area contributed by atoms with E-state index >= 15 is 0 Å². The van der Waals surface area contributed by atoms with Crippen LogP contribution in [0.15, 0.2) is 16.5 Å². The summed E-state index contributed by atoms with van der Waals surface area (Å²) in [5.41, 5.74) is 6.68. The maximum Gasteiger partial charge on any atom is 0.209 e. The first-order valence-corrected chi connectivity index (χ1v) is 3.95. The van der Waals surface area contributed by atoms with Crippen LogP contribution in [0.2, 0.25) is 0 Å². The Morgan fingerprint density at radius 1 is 1.57 bits per heavy atom. The predicted octanol–water partition coefficient (Wildman–Crippen LogP) is 1.18. The zero-order valence-electron chi connectivity index (χ0n) is 7.19. The molecule has 1 aromatic carbocycles. The van der Waals surface area contributed by atoms with E-state index in [9.17, 15) is 5.11 Å². The maximum absolute atomic E-state index is 9.28. The minimum atomic E-state index is -0.0330. The molecule has 0 aliphatic heterocycles. The third-order valence-corrected chi connectivity index (χ3v) is 1.81. The lowest BCUT2D eigenvalue weighted by Gasteiger charge is -1.95. The number of phenolic OH excluding ortho intramolecular Hbond substituents is 1. The molecule has 0 radical (unpaired) electrons. The highest BCUT2D eigenvalue weighted by Gasteiger charge is 2.08. The van der Waals surface area contributed by atoms with E-state index in [1.165, 1.54) is 12.1 Å². The molecule has 0 bridgehead atoms. The van der Waals surface area contributed by atoms with Crippen LogP contribution in [0.25, 0.3) is 11.1 Å². The van der Waals surface area contributed by atoms with Gasteiger partial charge in [0, 0.05) is 12.1 Å². The summed E-state index contributed by atoms with van der Waals surface area (Å²) in [6.45, 7) is 0. The number of hydrogen-bond acceptors (Lipinski definition) is 5. The molecule has 0 amide bonds.